The van der Waals surface area contributed by atoms with Gasteiger partial charge < -0.3 is 19.9 Å². The normalized spacial score (nSPS) is 33.8. The Bertz CT molecular complexity index is 421. The number of rotatable bonds is 3. The summed E-state index contributed by atoms with van der Waals surface area (Å²) in [6.07, 6.45) is 2.45. The van der Waals surface area contributed by atoms with E-state index in [2.05, 4.69) is 41.0 Å². The lowest BCUT2D eigenvalue weighted by Gasteiger charge is -2.37. The van der Waals surface area contributed by atoms with Crippen molar-refractivity contribution < 1.29 is 4.74 Å². The van der Waals surface area contributed by atoms with Gasteiger partial charge in [-0.05, 0) is 33.9 Å². The maximum Gasteiger partial charge on any atom is 0.193 e. The molecule has 2 atom stereocenters. The highest BCUT2D eigenvalue weighted by atomic mass is 16.5. The van der Waals surface area contributed by atoms with Crippen LogP contribution < -0.4 is 5.32 Å². The number of nitrogens with zero attached hydrogens (tertiary/aromatic N) is 4. The number of hydrogen-bond acceptors (Lipinski definition) is 4. The smallest absolute Gasteiger partial charge is 0.193 e. The molecule has 6 nitrogen and oxygen atoms in total. The highest BCUT2D eigenvalue weighted by Gasteiger charge is 2.42. The number of likely N-dealkylation sites (N-methyl/N-ethyl adjacent to an activating group) is 2. The molecule has 0 aromatic carbocycles. The van der Waals surface area contributed by atoms with Gasteiger partial charge in [-0.2, -0.15) is 0 Å². The molecule has 3 rings (SSSR count). The molecular weight excluding hydrogens is 290 g/mol. The number of guanidine groups is 1. The van der Waals surface area contributed by atoms with Crippen LogP contribution in [-0.2, 0) is 4.74 Å². The first kappa shape index (κ1) is 17.0. The first-order chi connectivity index (χ1) is 11.1. The third-order valence-corrected chi connectivity index (χ3v) is 5.69. The molecular formula is C17H33N5O. The molecule has 0 aromatic heterocycles. The molecule has 1 N–H and O–H groups in total. The largest absolute Gasteiger partial charge is 0.381 e. The van der Waals surface area contributed by atoms with Crippen LogP contribution in [0.5, 0.6) is 0 Å². The summed E-state index contributed by atoms with van der Waals surface area (Å²) in [5, 5.41) is 3.50. The minimum atomic E-state index is 0.387. The molecule has 23 heavy (non-hydrogen) atoms. The van der Waals surface area contributed by atoms with E-state index < -0.39 is 0 Å². The van der Waals surface area contributed by atoms with Crippen molar-refractivity contribution in [1.82, 2.24) is 20.0 Å². The van der Waals surface area contributed by atoms with Crippen molar-refractivity contribution in [2.24, 2.45) is 10.4 Å². The fourth-order valence-electron chi connectivity index (χ4n) is 4.00. The van der Waals surface area contributed by atoms with Crippen LogP contribution in [0.2, 0.25) is 0 Å². The highest BCUT2D eigenvalue weighted by molar-refractivity contribution is 5.80. The number of ether oxygens (including phenoxy) is 1. The van der Waals surface area contributed by atoms with Crippen molar-refractivity contribution in [2.45, 2.75) is 25.8 Å². The molecule has 6 heteroatoms. The second kappa shape index (κ2) is 7.36. The van der Waals surface area contributed by atoms with Crippen LogP contribution in [0.25, 0.3) is 0 Å². The van der Waals surface area contributed by atoms with E-state index in [-0.39, 0.29) is 0 Å². The minimum Gasteiger partial charge on any atom is -0.381 e. The van der Waals surface area contributed by atoms with Gasteiger partial charge in [0.25, 0.3) is 0 Å². The Hall–Kier alpha value is -0.850. The van der Waals surface area contributed by atoms with Crippen LogP contribution in [0.4, 0.5) is 0 Å². The molecule has 0 amide bonds. The summed E-state index contributed by atoms with van der Waals surface area (Å²) in [5.41, 5.74) is 0.387. The van der Waals surface area contributed by atoms with Crippen molar-refractivity contribution >= 4 is 5.96 Å². The van der Waals surface area contributed by atoms with Gasteiger partial charge in [-0.15, -0.1) is 0 Å². The summed E-state index contributed by atoms with van der Waals surface area (Å²) in [6.45, 7) is 11.4. The fourth-order valence-corrected chi connectivity index (χ4v) is 4.00. The third kappa shape index (κ3) is 3.98. The maximum atomic E-state index is 5.65. The minimum absolute atomic E-state index is 0.387. The Kier molecular flexibility index (Phi) is 5.44. The van der Waals surface area contributed by atoms with E-state index in [9.17, 15) is 0 Å². The SMILES string of the molecule is CCNC(=NCC1CN(C)CCN1C)N1CCC2(CCOC2)C1. The van der Waals surface area contributed by atoms with Crippen LogP contribution in [0, 0.1) is 5.41 Å². The van der Waals surface area contributed by atoms with Crippen molar-refractivity contribution in [2.75, 3.05) is 73.1 Å². The average molecular weight is 323 g/mol. The van der Waals surface area contributed by atoms with Gasteiger partial charge in [0.15, 0.2) is 5.96 Å². The quantitative estimate of drug-likeness (QED) is 0.598. The van der Waals surface area contributed by atoms with Crippen LogP contribution >= 0.6 is 0 Å². The predicted molar refractivity (Wildman–Crippen MR) is 94.0 cm³/mol. The zero-order valence-electron chi connectivity index (χ0n) is 15.1. The fraction of sp³-hybridized carbons (Fsp3) is 0.941. The molecule has 0 radical (unpaired) electrons. The summed E-state index contributed by atoms with van der Waals surface area (Å²) in [5.74, 6) is 1.10. The van der Waals surface area contributed by atoms with E-state index >= 15 is 0 Å². The van der Waals surface area contributed by atoms with Gasteiger partial charge in [-0.25, -0.2) is 0 Å². The Morgan fingerprint density at radius 1 is 1.26 bits per heavy atom. The molecule has 0 saturated carbocycles. The highest BCUT2D eigenvalue weighted by Crippen LogP contribution is 2.38. The second-order valence-electron chi connectivity index (χ2n) is 7.57. The van der Waals surface area contributed by atoms with Crippen molar-refractivity contribution in [3.8, 4) is 0 Å². The van der Waals surface area contributed by atoms with Gasteiger partial charge in [0, 0.05) is 57.3 Å². The third-order valence-electron chi connectivity index (χ3n) is 5.69. The van der Waals surface area contributed by atoms with E-state index in [0.29, 0.717) is 11.5 Å². The Morgan fingerprint density at radius 3 is 2.87 bits per heavy atom. The lowest BCUT2D eigenvalue weighted by atomic mass is 9.87. The van der Waals surface area contributed by atoms with Gasteiger partial charge >= 0.3 is 0 Å². The first-order valence-electron chi connectivity index (χ1n) is 9.12. The van der Waals surface area contributed by atoms with Crippen molar-refractivity contribution in [1.29, 1.82) is 0 Å². The molecule has 0 aromatic rings. The Morgan fingerprint density at radius 2 is 2.13 bits per heavy atom. The van der Waals surface area contributed by atoms with Crippen LogP contribution in [0.15, 0.2) is 4.99 Å². The maximum absolute atomic E-state index is 5.65. The van der Waals surface area contributed by atoms with Gasteiger partial charge in [0.1, 0.15) is 0 Å². The van der Waals surface area contributed by atoms with E-state index in [1.807, 2.05) is 0 Å². The zero-order valence-corrected chi connectivity index (χ0v) is 15.1. The summed E-state index contributed by atoms with van der Waals surface area (Å²) in [4.78, 5) is 12.3. The zero-order chi connectivity index (χ0) is 16.3. The van der Waals surface area contributed by atoms with Gasteiger partial charge in [0.05, 0.1) is 13.2 Å². The predicted octanol–water partition coefficient (Wildman–Crippen LogP) is 0.310. The molecule has 0 aliphatic carbocycles. The number of hydrogen-bond donors (Lipinski definition) is 1. The molecule has 2 unspecified atom stereocenters. The molecule has 3 heterocycles. The van der Waals surface area contributed by atoms with E-state index in [0.717, 1.165) is 65.0 Å². The summed E-state index contributed by atoms with van der Waals surface area (Å²) in [7, 11) is 4.43. The van der Waals surface area contributed by atoms with Crippen molar-refractivity contribution in [3.63, 3.8) is 0 Å². The molecule has 1 spiro atoms. The van der Waals surface area contributed by atoms with Gasteiger partial charge in [-0.3, -0.25) is 9.89 Å². The topological polar surface area (TPSA) is 43.3 Å². The Labute approximate surface area is 140 Å². The van der Waals surface area contributed by atoms with Gasteiger partial charge in [-0.1, -0.05) is 0 Å². The van der Waals surface area contributed by atoms with Crippen LogP contribution in [0.3, 0.4) is 0 Å². The van der Waals surface area contributed by atoms with Crippen LogP contribution in [-0.4, -0.2) is 99.8 Å². The van der Waals surface area contributed by atoms with Gasteiger partial charge in [0.2, 0.25) is 0 Å². The number of nitrogens with one attached hydrogen (secondary N) is 1. The van der Waals surface area contributed by atoms with Crippen LogP contribution in [0.1, 0.15) is 19.8 Å². The van der Waals surface area contributed by atoms with Crippen molar-refractivity contribution in [3.05, 3.63) is 0 Å². The van der Waals surface area contributed by atoms with E-state index in [1.54, 1.807) is 0 Å². The summed E-state index contributed by atoms with van der Waals surface area (Å²) in [6, 6.07) is 0.522. The summed E-state index contributed by atoms with van der Waals surface area (Å²) < 4.78 is 5.65. The first-order valence-corrected chi connectivity index (χ1v) is 9.12. The van der Waals surface area contributed by atoms with E-state index in [4.69, 9.17) is 9.73 Å². The van der Waals surface area contributed by atoms with E-state index in [1.165, 1.54) is 12.8 Å². The average Bonchev–Trinajstić information content (AvgIpc) is 3.17. The molecule has 3 fully saturated rings. The lowest BCUT2D eigenvalue weighted by Crippen LogP contribution is -2.51. The Balaban J connectivity index is 1.61. The monoisotopic (exact) mass is 323 g/mol. The molecule has 3 saturated heterocycles. The molecule has 0 bridgehead atoms. The number of aliphatic imine (C=N–C) groups is 1. The number of likely N-dealkylation sites (tertiary alicyclic amines) is 1. The molecule has 132 valence electrons. The molecule has 3 aliphatic heterocycles. The second-order valence-corrected chi connectivity index (χ2v) is 7.57. The standard InChI is InChI=1S/C17H33N5O/c1-4-18-16(19-11-15-12-20(2)8-9-21(15)3)22-7-5-17(13-22)6-10-23-14-17/h15H,4-14H2,1-3H3,(H,18,19). The lowest BCUT2D eigenvalue weighted by molar-refractivity contribution is 0.119. The number of piperazine rings is 1. The summed E-state index contributed by atoms with van der Waals surface area (Å²) >= 11 is 0. The molecule has 3 aliphatic rings.